The molecule has 1 fully saturated rings. The molecule has 1 aliphatic heterocycles. The molecule has 0 spiro atoms. The number of benzene rings is 2. The van der Waals surface area contributed by atoms with E-state index in [-0.39, 0.29) is 19.3 Å². The van der Waals surface area contributed by atoms with Crippen LogP contribution in [0.1, 0.15) is 25.0 Å². The van der Waals surface area contributed by atoms with E-state index in [9.17, 15) is 13.3 Å². The second-order valence-electron chi connectivity index (χ2n) is 5.99. The first kappa shape index (κ1) is 18.2. The monoisotopic (exact) mass is 368 g/mol. The van der Waals surface area contributed by atoms with Crippen LogP contribution in [-0.4, -0.2) is 19.3 Å². The smallest absolute Gasteiger partial charge is 0.351 e. The predicted molar refractivity (Wildman–Crippen MR) is 89.3 cm³/mol. The van der Waals surface area contributed by atoms with Crippen molar-refractivity contribution in [3.8, 4) is 0 Å². The summed E-state index contributed by atoms with van der Waals surface area (Å²) in [5.41, 5.74) is 0.832. The Morgan fingerprint density at radius 2 is 1.32 bits per heavy atom. The zero-order valence-corrected chi connectivity index (χ0v) is 14.8. The fourth-order valence-corrected chi connectivity index (χ4v) is 5.25. The van der Waals surface area contributed by atoms with Crippen molar-refractivity contribution in [1.82, 2.24) is 0 Å². The summed E-state index contributed by atoms with van der Waals surface area (Å²) >= 11 is 0. The summed E-state index contributed by atoms with van der Waals surface area (Å²) in [6.07, 6.45) is -0.353. The van der Waals surface area contributed by atoms with Crippen molar-refractivity contribution in [1.29, 1.82) is 0 Å². The predicted octanol–water partition coefficient (Wildman–Crippen LogP) is 4.83. The lowest BCUT2D eigenvalue weighted by Gasteiger charge is -2.38. The summed E-state index contributed by atoms with van der Waals surface area (Å²) in [4.78, 5) is 0. The number of rotatable bonds is 5. The van der Waals surface area contributed by atoms with Crippen LogP contribution in [0.15, 0.2) is 48.5 Å². The van der Waals surface area contributed by atoms with Crippen LogP contribution in [0.2, 0.25) is 0 Å². The molecule has 0 radical (unpaired) electrons. The lowest BCUT2D eigenvalue weighted by molar-refractivity contribution is -0.0174. The Labute approximate surface area is 145 Å². The van der Waals surface area contributed by atoms with Gasteiger partial charge in [0, 0.05) is 11.1 Å². The van der Waals surface area contributed by atoms with Crippen LogP contribution in [0.25, 0.3) is 0 Å². The van der Waals surface area contributed by atoms with E-state index in [1.165, 1.54) is 48.5 Å². The molecule has 1 heterocycles. The summed E-state index contributed by atoms with van der Waals surface area (Å²) in [5.74, 6) is -0.874. The molecule has 4 nitrogen and oxygen atoms in total. The minimum atomic E-state index is -3.81. The average molecular weight is 368 g/mol. The maximum absolute atomic E-state index is 13.6. The van der Waals surface area contributed by atoms with Crippen molar-refractivity contribution in [2.45, 2.75) is 25.3 Å². The third-order valence-corrected chi connectivity index (χ3v) is 6.31. The number of ether oxygens (including phenoxy) is 1. The standard InChI is InChI=1S/C18H19F2O4P/c1-13(2)24-18(25(21)22-11-12-23-25,14-3-7-16(19)8-4-14)15-5-9-17(20)10-6-15/h3-10,13H,11-12H2,1-2H3. The first-order valence-corrected chi connectivity index (χ1v) is 9.51. The normalized spacial score (nSPS) is 17.2. The highest BCUT2D eigenvalue weighted by Gasteiger charge is 2.57. The van der Waals surface area contributed by atoms with E-state index < -0.39 is 24.6 Å². The van der Waals surface area contributed by atoms with Gasteiger partial charge in [-0.2, -0.15) is 0 Å². The van der Waals surface area contributed by atoms with Crippen LogP contribution in [0.4, 0.5) is 8.78 Å². The van der Waals surface area contributed by atoms with Crippen molar-refractivity contribution in [3.63, 3.8) is 0 Å². The van der Waals surface area contributed by atoms with Gasteiger partial charge in [0.1, 0.15) is 11.6 Å². The molecule has 0 atom stereocenters. The quantitative estimate of drug-likeness (QED) is 0.709. The fourth-order valence-electron chi connectivity index (χ4n) is 2.91. The van der Waals surface area contributed by atoms with Crippen LogP contribution in [-0.2, 0) is 23.7 Å². The minimum absolute atomic E-state index is 0.156. The zero-order chi connectivity index (χ0) is 18.1. The highest BCUT2D eigenvalue weighted by atomic mass is 31.2. The molecule has 3 rings (SSSR count). The summed E-state index contributed by atoms with van der Waals surface area (Å²) < 4.78 is 57.6. The van der Waals surface area contributed by atoms with E-state index in [1.54, 1.807) is 13.8 Å². The second-order valence-corrected chi connectivity index (χ2v) is 8.13. The van der Waals surface area contributed by atoms with Gasteiger partial charge in [-0.1, -0.05) is 24.3 Å². The maximum atomic E-state index is 13.6. The van der Waals surface area contributed by atoms with Gasteiger partial charge in [-0.25, -0.2) is 8.78 Å². The molecular formula is C18H19F2O4P. The number of hydrogen-bond acceptors (Lipinski definition) is 4. The van der Waals surface area contributed by atoms with Gasteiger partial charge in [-0.15, -0.1) is 0 Å². The molecule has 0 bridgehead atoms. The lowest BCUT2D eigenvalue weighted by atomic mass is 10.00. The first-order chi connectivity index (χ1) is 11.9. The minimum Gasteiger partial charge on any atom is -0.351 e. The van der Waals surface area contributed by atoms with Crippen LogP contribution in [0.3, 0.4) is 0 Å². The van der Waals surface area contributed by atoms with Gasteiger partial charge in [-0.3, -0.25) is 4.57 Å². The van der Waals surface area contributed by atoms with Gasteiger partial charge >= 0.3 is 7.60 Å². The molecule has 1 aliphatic rings. The van der Waals surface area contributed by atoms with Crippen molar-refractivity contribution >= 4 is 7.60 Å². The highest BCUT2D eigenvalue weighted by molar-refractivity contribution is 7.55. The van der Waals surface area contributed by atoms with Gasteiger partial charge in [0.15, 0.2) is 0 Å². The van der Waals surface area contributed by atoms with E-state index in [1.807, 2.05) is 0 Å². The largest absolute Gasteiger partial charge is 0.371 e. The van der Waals surface area contributed by atoms with E-state index in [2.05, 4.69) is 0 Å². The van der Waals surface area contributed by atoms with Crippen LogP contribution >= 0.6 is 7.60 Å². The van der Waals surface area contributed by atoms with Crippen LogP contribution in [0.5, 0.6) is 0 Å². The van der Waals surface area contributed by atoms with Gasteiger partial charge in [-0.05, 0) is 38.1 Å². The first-order valence-electron chi connectivity index (χ1n) is 7.96. The van der Waals surface area contributed by atoms with E-state index >= 15 is 0 Å². The third-order valence-electron chi connectivity index (χ3n) is 3.87. The second kappa shape index (κ2) is 6.96. The topological polar surface area (TPSA) is 44.8 Å². The van der Waals surface area contributed by atoms with Crippen molar-refractivity contribution in [2.24, 2.45) is 0 Å². The lowest BCUT2D eigenvalue weighted by Crippen LogP contribution is -2.34. The average Bonchev–Trinajstić information content (AvgIpc) is 3.02. The highest BCUT2D eigenvalue weighted by Crippen LogP contribution is 2.70. The van der Waals surface area contributed by atoms with Crippen molar-refractivity contribution < 1.29 is 27.1 Å². The number of halogens is 2. The van der Waals surface area contributed by atoms with Crippen molar-refractivity contribution in [3.05, 3.63) is 71.3 Å². The maximum Gasteiger partial charge on any atom is 0.371 e. The van der Waals surface area contributed by atoms with Crippen LogP contribution in [0, 0.1) is 11.6 Å². The Hall–Kier alpha value is -1.59. The molecule has 0 aromatic heterocycles. The molecule has 2 aromatic rings. The Morgan fingerprint density at radius 1 is 0.920 bits per heavy atom. The van der Waals surface area contributed by atoms with Gasteiger partial charge < -0.3 is 13.8 Å². The van der Waals surface area contributed by atoms with E-state index in [4.69, 9.17) is 13.8 Å². The molecule has 0 N–H and O–H groups in total. The zero-order valence-electron chi connectivity index (χ0n) is 13.9. The van der Waals surface area contributed by atoms with Gasteiger partial charge in [0.05, 0.1) is 19.3 Å². The Kier molecular flexibility index (Phi) is 5.07. The molecule has 0 amide bonds. The van der Waals surface area contributed by atoms with E-state index in [0.29, 0.717) is 11.1 Å². The Balaban J connectivity index is 2.28. The molecule has 0 saturated carbocycles. The summed E-state index contributed by atoms with van der Waals surface area (Å²) in [5, 5.41) is -1.61. The van der Waals surface area contributed by atoms with Gasteiger partial charge in [0.25, 0.3) is 0 Å². The summed E-state index contributed by atoms with van der Waals surface area (Å²) in [6, 6.07) is 10.9. The number of hydrogen-bond donors (Lipinski definition) is 0. The van der Waals surface area contributed by atoms with Crippen molar-refractivity contribution in [2.75, 3.05) is 13.2 Å². The molecule has 25 heavy (non-hydrogen) atoms. The molecule has 1 saturated heterocycles. The van der Waals surface area contributed by atoms with E-state index in [0.717, 1.165) is 0 Å². The third kappa shape index (κ3) is 3.27. The van der Waals surface area contributed by atoms with Crippen LogP contribution < -0.4 is 0 Å². The summed E-state index contributed by atoms with van der Waals surface area (Å²) in [7, 11) is -3.81. The van der Waals surface area contributed by atoms with Gasteiger partial charge in [0.2, 0.25) is 5.34 Å². The molecule has 134 valence electrons. The Bertz CT molecular complexity index is 719. The Morgan fingerprint density at radius 3 is 1.68 bits per heavy atom. The molecule has 7 heteroatoms. The molecule has 0 aliphatic carbocycles. The molecular weight excluding hydrogens is 349 g/mol. The SMILES string of the molecule is CC(C)OC(c1ccc(F)cc1)(c1ccc(F)cc1)P1(=O)OCCO1. The molecule has 2 aromatic carbocycles. The summed E-state index contributed by atoms with van der Waals surface area (Å²) in [6.45, 7) is 3.87. The molecule has 0 unspecified atom stereocenters. The fraction of sp³-hybridized carbons (Fsp3) is 0.333.